The number of nitrogens with zero attached hydrogens (tertiary/aromatic N) is 1. The minimum atomic E-state index is -0.575. The quantitative estimate of drug-likeness (QED) is 0.580. The predicted molar refractivity (Wildman–Crippen MR) is 114 cm³/mol. The van der Waals surface area contributed by atoms with Crippen molar-refractivity contribution in [3.05, 3.63) is 53.6 Å². The number of rotatable bonds is 6. The minimum Gasteiger partial charge on any atom is -0.455 e. The molecule has 2 aromatic rings. The van der Waals surface area contributed by atoms with Gasteiger partial charge in [-0.05, 0) is 49.4 Å². The number of thioether (sulfide) groups is 1. The molecule has 1 heterocycles. The monoisotopic (exact) mass is 412 g/mol. The zero-order chi connectivity index (χ0) is 21.0. The van der Waals surface area contributed by atoms with Crippen LogP contribution >= 0.6 is 11.8 Å². The zero-order valence-electron chi connectivity index (χ0n) is 16.7. The van der Waals surface area contributed by atoms with Crippen LogP contribution in [0.3, 0.4) is 0 Å². The molecule has 0 aromatic heterocycles. The lowest BCUT2D eigenvalue weighted by molar-refractivity contribution is -0.151. The molecule has 1 aliphatic heterocycles. The number of esters is 1. The van der Waals surface area contributed by atoms with Gasteiger partial charge in [-0.25, -0.2) is 0 Å². The fourth-order valence-electron chi connectivity index (χ4n) is 3.32. The first-order valence-corrected chi connectivity index (χ1v) is 10.6. The maximum atomic E-state index is 12.4. The molecule has 29 heavy (non-hydrogen) atoms. The van der Waals surface area contributed by atoms with E-state index in [-0.39, 0.29) is 25.5 Å². The molecule has 2 amide bonds. The highest BCUT2D eigenvalue weighted by Crippen LogP contribution is 2.30. The van der Waals surface area contributed by atoms with Crippen molar-refractivity contribution in [1.29, 1.82) is 0 Å². The molecule has 152 valence electrons. The standard InChI is InChI=1S/C22H24N2O4S/c1-14-7-6-9-18(15(14)2)24-12-16(11-21(24)26)22(27)28-13-20(25)23-17-8-4-5-10-19(17)29-3/h4-10,16H,11-13H2,1-3H3,(H,23,25)/t16-/m0/s1. The van der Waals surface area contributed by atoms with Crippen LogP contribution in [0.1, 0.15) is 17.5 Å². The summed E-state index contributed by atoms with van der Waals surface area (Å²) in [6.07, 6.45) is 2.01. The van der Waals surface area contributed by atoms with Crippen LogP contribution in [-0.4, -0.2) is 37.2 Å². The molecule has 0 saturated carbocycles. The number of hydrogen-bond donors (Lipinski definition) is 1. The van der Waals surface area contributed by atoms with Crippen molar-refractivity contribution in [2.75, 3.05) is 29.6 Å². The lowest BCUT2D eigenvalue weighted by Gasteiger charge is -2.20. The number of carbonyl (C=O) groups is 3. The number of para-hydroxylation sites is 1. The third-order valence-corrected chi connectivity index (χ3v) is 5.85. The Hall–Kier alpha value is -2.80. The zero-order valence-corrected chi connectivity index (χ0v) is 17.5. The Bertz CT molecular complexity index is 944. The number of aryl methyl sites for hydroxylation is 1. The number of ether oxygens (including phenoxy) is 1. The van der Waals surface area contributed by atoms with Crippen molar-refractivity contribution in [1.82, 2.24) is 0 Å². The van der Waals surface area contributed by atoms with Gasteiger partial charge in [0, 0.05) is 23.5 Å². The Balaban J connectivity index is 1.57. The Morgan fingerprint density at radius 3 is 2.69 bits per heavy atom. The van der Waals surface area contributed by atoms with Crippen molar-refractivity contribution < 1.29 is 19.1 Å². The van der Waals surface area contributed by atoms with Gasteiger partial charge in [-0.15, -0.1) is 11.8 Å². The highest BCUT2D eigenvalue weighted by atomic mass is 32.2. The van der Waals surface area contributed by atoms with Crippen LogP contribution in [0, 0.1) is 19.8 Å². The van der Waals surface area contributed by atoms with Gasteiger partial charge >= 0.3 is 5.97 Å². The van der Waals surface area contributed by atoms with E-state index in [1.165, 1.54) is 11.8 Å². The Morgan fingerprint density at radius 1 is 1.17 bits per heavy atom. The molecule has 3 rings (SSSR count). The normalized spacial score (nSPS) is 16.0. The maximum absolute atomic E-state index is 12.4. The summed E-state index contributed by atoms with van der Waals surface area (Å²) in [5, 5.41) is 2.75. The molecule has 0 bridgehead atoms. The number of nitrogens with one attached hydrogen (secondary N) is 1. The molecule has 7 heteroatoms. The van der Waals surface area contributed by atoms with E-state index in [0.29, 0.717) is 5.69 Å². The number of hydrogen-bond acceptors (Lipinski definition) is 5. The molecule has 1 atom stereocenters. The number of carbonyl (C=O) groups excluding carboxylic acids is 3. The molecule has 0 aliphatic carbocycles. The van der Waals surface area contributed by atoms with Crippen LogP contribution in [0.15, 0.2) is 47.4 Å². The molecule has 1 aliphatic rings. The maximum Gasteiger partial charge on any atom is 0.311 e. The molecule has 1 N–H and O–H groups in total. The van der Waals surface area contributed by atoms with Gasteiger partial charge in [0.2, 0.25) is 5.91 Å². The largest absolute Gasteiger partial charge is 0.455 e. The molecule has 1 saturated heterocycles. The van der Waals surface area contributed by atoms with Crippen LogP contribution in [-0.2, 0) is 19.1 Å². The fourth-order valence-corrected chi connectivity index (χ4v) is 3.87. The molecule has 6 nitrogen and oxygen atoms in total. The Morgan fingerprint density at radius 2 is 1.93 bits per heavy atom. The highest BCUT2D eigenvalue weighted by molar-refractivity contribution is 7.98. The van der Waals surface area contributed by atoms with Crippen LogP contribution in [0.4, 0.5) is 11.4 Å². The molecule has 1 fully saturated rings. The Kier molecular flexibility index (Phi) is 6.59. The second kappa shape index (κ2) is 9.13. The summed E-state index contributed by atoms with van der Waals surface area (Å²) >= 11 is 1.52. The van der Waals surface area contributed by atoms with E-state index < -0.39 is 17.8 Å². The minimum absolute atomic E-state index is 0.0865. The number of amides is 2. The number of benzene rings is 2. The molecule has 2 aromatic carbocycles. The summed E-state index contributed by atoms with van der Waals surface area (Å²) < 4.78 is 5.18. The first-order valence-electron chi connectivity index (χ1n) is 9.36. The summed E-state index contributed by atoms with van der Waals surface area (Å²) in [7, 11) is 0. The second-order valence-electron chi connectivity index (χ2n) is 6.98. The smallest absolute Gasteiger partial charge is 0.311 e. The highest BCUT2D eigenvalue weighted by Gasteiger charge is 2.37. The summed E-state index contributed by atoms with van der Waals surface area (Å²) in [6.45, 7) is 3.83. The van der Waals surface area contributed by atoms with E-state index in [1.54, 1.807) is 11.0 Å². The third kappa shape index (κ3) is 4.79. The van der Waals surface area contributed by atoms with Crippen LogP contribution < -0.4 is 10.2 Å². The van der Waals surface area contributed by atoms with E-state index >= 15 is 0 Å². The lowest BCUT2D eigenvalue weighted by atomic mass is 10.1. The Labute approximate surface area is 174 Å². The van der Waals surface area contributed by atoms with E-state index in [4.69, 9.17) is 4.74 Å². The molecule has 0 radical (unpaired) electrons. The first-order chi connectivity index (χ1) is 13.9. The second-order valence-corrected chi connectivity index (χ2v) is 7.83. The predicted octanol–water partition coefficient (Wildman–Crippen LogP) is 3.56. The van der Waals surface area contributed by atoms with Gasteiger partial charge < -0.3 is 15.0 Å². The van der Waals surface area contributed by atoms with Gasteiger partial charge in [-0.3, -0.25) is 14.4 Å². The summed E-state index contributed by atoms with van der Waals surface area (Å²) in [5.41, 5.74) is 3.60. The fraction of sp³-hybridized carbons (Fsp3) is 0.318. The van der Waals surface area contributed by atoms with E-state index in [1.807, 2.05) is 56.5 Å². The van der Waals surface area contributed by atoms with Gasteiger partial charge in [-0.1, -0.05) is 24.3 Å². The molecule has 0 spiro atoms. The van der Waals surface area contributed by atoms with Crippen molar-refractivity contribution >= 4 is 40.9 Å². The number of anilines is 2. The van der Waals surface area contributed by atoms with Crippen molar-refractivity contribution in [2.45, 2.75) is 25.2 Å². The first kappa shape index (κ1) is 20.9. The van der Waals surface area contributed by atoms with E-state index in [0.717, 1.165) is 21.7 Å². The molecular weight excluding hydrogens is 388 g/mol. The van der Waals surface area contributed by atoms with Gasteiger partial charge in [0.15, 0.2) is 6.61 Å². The topological polar surface area (TPSA) is 75.7 Å². The van der Waals surface area contributed by atoms with Crippen LogP contribution in [0.25, 0.3) is 0 Å². The van der Waals surface area contributed by atoms with E-state index in [2.05, 4.69) is 5.32 Å². The van der Waals surface area contributed by atoms with Gasteiger partial charge in [0.05, 0.1) is 11.6 Å². The summed E-state index contributed by atoms with van der Waals surface area (Å²) in [6, 6.07) is 13.2. The van der Waals surface area contributed by atoms with Crippen molar-refractivity contribution in [3.8, 4) is 0 Å². The molecular formula is C22H24N2O4S. The van der Waals surface area contributed by atoms with Crippen LogP contribution in [0.5, 0.6) is 0 Å². The average Bonchev–Trinajstić information content (AvgIpc) is 3.10. The van der Waals surface area contributed by atoms with Gasteiger partial charge in [0.1, 0.15) is 0 Å². The summed E-state index contributed by atoms with van der Waals surface area (Å²) in [5.74, 6) is -1.62. The SMILES string of the molecule is CSc1ccccc1NC(=O)COC(=O)[C@H]1CC(=O)N(c2cccc(C)c2C)C1. The van der Waals surface area contributed by atoms with Crippen molar-refractivity contribution in [3.63, 3.8) is 0 Å². The third-order valence-electron chi connectivity index (χ3n) is 5.05. The van der Waals surface area contributed by atoms with Crippen LogP contribution in [0.2, 0.25) is 0 Å². The average molecular weight is 413 g/mol. The van der Waals surface area contributed by atoms with Crippen molar-refractivity contribution in [2.24, 2.45) is 5.92 Å². The molecule has 0 unspecified atom stereocenters. The van der Waals surface area contributed by atoms with Gasteiger partial charge in [-0.2, -0.15) is 0 Å². The van der Waals surface area contributed by atoms with Gasteiger partial charge in [0.25, 0.3) is 5.91 Å². The van der Waals surface area contributed by atoms with E-state index in [9.17, 15) is 14.4 Å². The summed E-state index contributed by atoms with van der Waals surface area (Å²) in [4.78, 5) is 39.6. The lowest BCUT2D eigenvalue weighted by Crippen LogP contribution is -2.28.